The van der Waals surface area contributed by atoms with Crippen molar-refractivity contribution in [2.45, 2.75) is 58.5 Å². The highest BCUT2D eigenvalue weighted by Gasteiger charge is 2.24. The van der Waals surface area contributed by atoms with E-state index in [1.807, 2.05) is 42.6 Å². The van der Waals surface area contributed by atoms with E-state index in [-0.39, 0.29) is 30.2 Å². The molecule has 2 amide bonds. The first-order valence-electron chi connectivity index (χ1n) is 9.03. The average molecular weight is 342 g/mol. The van der Waals surface area contributed by atoms with E-state index in [9.17, 15) is 9.59 Å². The molecule has 0 aromatic carbocycles. The predicted octanol–water partition coefficient (Wildman–Crippen LogP) is 2.34. The van der Waals surface area contributed by atoms with Gasteiger partial charge in [0, 0.05) is 30.3 Å². The van der Waals surface area contributed by atoms with Gasteiger partial charge in [-0.25, -0.2) is 4.98 Å². The molecule has 0 saturated heterocycles. The largest absolute Gasteiger partial charge is 0.353 e. The lowest BCUT2D eigenvalue weighted by Gasteiger charge is -2.16. The number of aromatic nitrogens is 2. The molecule has 0 bridgehead atoms. The van der Waals surface area contributed by atoms with Gasteiger partial charge >= 0.3 is 0 Å². The van der Waals surface area contributed by atoms with Crippen LogP contribution < -0.4 is 10.6 Å². The molecule has 1 atom stereocenters. The molecule has 2 aromatic rings. The molecule has 0 radical (unpaired) electrons. The fourth-order valence-electron chi connectivity index (χ4n) is 3.42. The van der Waals surface area contributed by atoms with Crippen molar-refractivity contribution in [2.24, 2.45) is 5.92 Å². The van der Waals surface area contributed by atoms with E-state index >= 15 is 0 Å². The van der Waals surface area contributed by atoms with Crippen LogP contribution in [0.1, 0.15) is 50.4 Å². The van der Waals surface area contributed by atoms with Gasteiger partial charge < -0.3 is 15.0 Å². The summed E-state index contributed by atoms with van der Waals surface area (Å²) in [4.78, 5) is 28.7. The predicted molar refractivity (Wildman–Crippen MR) is 96.0 cm³/mol. The van der Waals surface area contributed by atoms with Crippen molar-refractivity contribution < 1.29 is 9.59 Å². The highest BCUT2D eigenvalue weighted by molar-refractivity contribution is 5.81. The number of nitrogens with one attached hydrogen (secondary N) is 2. The van der Waals surface area contributed by atoms with Crippen molar-refractivity contribution in [3.8, 4) is 0 Å². The fourth-order valence-corrected chi connectivity index (χ4v) is 3.42. The van der Waals surface area contributed by atoms with Crippen LogP contribution in [0.15, 0.2) is 24.4 Å². The van der Waals surface area contributed by atoms with Gasteiger partial charge in [0.05, 0.1) is 12.2 Å². The van der Waals surface area contributed by atoms with Crippen LogP contribution in [0.5, 0.6) is 0 Å². The van der Waals surface area contributed by atoms with Crippen molar-refractivity contribution in [1.29, 1.82) is 0 Å². The van der Waals surface area contributed by atoms with Crippen LogP contribution in [0.2, 0.25) is 0 Å². The molecule has 2 heterocycles. The number of aryl methyl sites for hydroxylation is 1. The Kier molecular flexibility index (Phi) is 5.36. The molecule has 134 valence electrons. The van der Waals surface area contributed by atoms with Gasteiger partial charge in [-0.15, -0.1) is 0 Å². The quantitative estimate of drug-likeness (QED) is 0.846. The Balaban J connectivity index is 1.46. The minimum absolute atomic E-state index is 0.0759. The second-order valence-electron chi connectivity index (χ2n) is 7.00. The minimum Gasteiger partial charge on any atom is -0.353 e. The van der Waals surface area contributed by atoms with Crippen LogP contribution in [0.25, 0.3) is 5.65 Å². The summed E-state index contributed by atoms with van der Waals surface area (Å²) in [5.74, 6) is 0.147. The van der Waals surface area contributed by atoms with Crippen LogP contribution >= 0.6 is 0 Å². The van der Waals surface area contributed by atoms with Gasteiger partial charge in [-0.1, -0.05) is 18.9 Å². The third-order valence-corrected chi connectivity index (χ3v) is 4.82. The Morgan fingerprint density at radius 2 is 2.08 bits per heavy atom. The summed E-state index contributed by atoms with van der Waals surface area (Å²) >= 11 is 0. The number of fused-ring (bicyclic) bond motifs is 1. The van der Waals surface area contributed by atoms with Gasteiger partial charge in [-0.2, -0.15) is 0 Å². The average Bonchev–Trinajstić information content (AvgIpc) is 3.23. The van der Waals surface area contributed by atoms with Crippen LogP contribution in [0.3, 0.4) is 0 Å². The maximum Gasteiger partial charge on any atom is 0.223 e. The van der Waals surface area contributed by atoms with E-state index in [0.717, 1.165) is 42.7 Å². The summed E-state index contributed by atoms with van der Waals surface area (Å²) in [6, 6.07) is 5.77. The Morgan fingerprint density at radius 1 is 1.32 bits per heavy atom. The van der Waals surface area contributed by atoms with E-state index in [4.69, 9.17) is 0 Å². The number of rotatable bonds is 6. The van der Waals surface area contributed by atoms with Crippen molar-refractivity contribution >= 4 is 17.5 Å². The zero-order valence-electron chi connectivity index (χ0n) is 14.9. The number of amides is 2. The maximum absolute atomic E-state index is 12.1. The normalized spacial score (nSPS) is 16.1. The highest BCUT2D eigenvalue weighted by Crippen LogP contribution is 2.24. The number of imidazole rings is 1. The Bertz CT molecular complexity index is 762. The number of nitrogens with zero attached hydrogens (tertiary/aromatic N) is 2. The first-order chi connectivity index (χ1) is 12.0. The molecular formula is C19H26N4O2. The van der Waals surface area contributed by atoms with Crippen LogP contribution in [-0.2, 0) is 16.1 Å². The number of hydrogen-bond donors (Lipinski definition) is 2. The number of carbonyl (C=O) groups excluding carboxylic acids is 2. The summed E-state index contributed by atoms with van der Waals surface area (Å²) in [6.07, 6.45) is 6.42. The molecule has 1 aliphatic rings. The maximum atomic E-state index is 12.1. The Labute approximate surface area is 148 Å². The van der Waals surface area contributed by atoms with Crippen molar-refractivity contribution in [3.05, 3.63) is 35.8 Å². The van der Waals surface area contributed by atoms with Crippen molar-refractivity contribution in [2.75, 3.05) is 0 Å². The molecule has 2 aromatic heterocycles. The monoisotopic (exact) mass is 342 g/mol. The lowest BCUT2D eigenvalue weighted by atomic mass is 10.1. The summed E-state index contributed by atoms with van der Waals surface area (Å²) < 4.78 is 2.01. The second-order valence-corrected chi connectivity index (χ2v) is 7.00. The lowest BCUT2D eigenvalue weighted by Crippen LogP contribution is -2.39. The number of pyridine rings is 1. The van der Waals surface area contributed by atoms with Crippen molar-refractivity contribution in [1.82, 2.24) is 20.0 Å². The topological polar surface area (TPSA) is 75.5 Å². The van der Waals surface area contributed by atoms with Gasteiger partial charge in [-0.3, -0.25) is 9.59 Å². The van der Waals surface area contributed by atoms with Crippen molar-refractivity contribution in [3.63, 3.8) is 0 Å². The van der Waals surface area contributed by atoms with Crippen LogP contribution in [-0.4, -0.2) is 27.2 Å². The summed E-state index contributed by atoms with van der Waals surface area (Å²) in [6.45, 7) is 4.29. The summed E-state index contributed by atoms with van der Waals surface area (Å²) in [7, 11) is 0. The van der Waals surface area contributed by atoms with Crippen LogP contribution in [0, 0.1) is 12.8 Å². The standard InChI is InChI=1S/C19H26N4O2/c1-13(21-19(25)15-7-3-4-8-15)10-18(24)20-11-16-12-23-14(2)6-5-9-17(23)22-16/h5-6,9,12-13,15H,3-4,7-8,10-11H2,1-2H3,(H,20,24)(H,21,25)/t13-/m1/s1. The lowest BCUT2D eigenvalue weighted by molar-refractivity contribution is -0.126. The number of hydrogen-bond acceptors (Lipinski definition) is 3. The zero-order chi connectivity index (χ0) is 17.8. The zero-order valence-corrected chi connectivity index (χ0v) is 14.9. The molecule has 1 fully saturated rings. The van der Waals surface area contributed by atoms with E-state index in [2.05, 4.69) is 15.6 Å². The first-order valence-corrected chi connectivity index (χ1v) is 9.03. The molecule has 6 heteroatoms. The highest BCUT2D eigenvalue weighted by atomic mass is 16.2. The third kappa shape index (κ3) is 4.38. The van der Waals surface area contributed by atoms with Gasteiger partial charge in [0.15, 0.2) is 0 Å². The fraction of sp³-hybridized carbons (Fsp3) is 0.526. The molecule has 0 unspecified atom stereocenters. The third-order valence-electron chi connectivity index (χ3n) is 4.82. The van der Waals surface area contributed by atoms with Gasteiger partial charge in [-0.05, 0) is 38.8 Å². The van der Waals surface area contributed by atoms with Gasteiger partial charge in [0.1, 0.15) is 5.65 Å². The van der Waals surface area contributed by atoms with E-state index in [0.29, 0.717) is 6.54 Å². The molecule has 25 heavy (non-hydrogen) atoms. The smallest absolute Gasteiger partial charge is 0.223 e. The van der Waals surface area contributed by atoms with Gasteiger partial charge in [0.25, 0.3) is 0 Å². The molecular weight excluding hydrogens is 316 g/mol. The van der Waals surface area contributed by atoms with Gasteiger partial charge in [0.2, 0.25) is 11.8 Å². The second kappa shape index (κ2) is 7.68. The Morgan fingerprint density at radius 3 is 2.80 bits per heavy atom. The molecule has 1 saturated carbocycles. The molecule has 1 aliphatic carbocycles. The van der Waals surface area contributed by atoms with E-state index in [1.54, 1.807) is 0 Å². The first kappa shape index (κ1) is 17.5. The molecule has 6 nitrogen and oxygen atoms in total. The summed E-state index contributed by atoms with van der Waals surface area (Å²) in [5.41, 5.74) is 2.80. The molecule has 2 N–H and O–H groups in total. The molecule has 0 aliphatic heterocycles. The van der Waals surface area contributed by atoms with E-state index < -0.39 is 0 Å². The Hall–Kier alpha value is -2.37. The molecule has 3 rings (SSSR count). The SMILES string of the molecule is Cc1cccc2nc(CNC(=O)C[C@@H](C)NC(=O)C3CCCC3)cn12. The summed E-state index contributed by atoms with van der Waals surface area (Å²) in [5, 5.41) is 5.85. The van der Waals surface area contributed by atoms with Crippen LogP contribution in [0.4, 0.5) is 0 Å². The number of carbonyl (C=O) groups is 2. The minimum atomic E-state index is -0.156. The van der Waals surface area contributed by atoms with E-state index in [1.165, 1.54) is 0 Å². The molecule has 0 spiro atoms.